The van der Waals surface area contributed by atoms with Gasteiger partial charge in [-0.1, -0.05) is 6.07 Å². The van der Waals surface area contributed by atoms with E-state index in [4.69, 9.17) is 0 Å². The van der Waals surface area contributed by atoms with Crippen molar-refractivity contribution in [1.29, 1.82) is 0 Å². The number of aryl methyl sites for hydroxylation is 3. The second-order valence-corrected chi connectivity index (χ2v) is 10.5. The van der Waals surface area contributed by atoms with Gasteiger partial charge in [0.15, 0.2) is 0 Å². The number of urea groups is 1. The highest BCUT2D eigenvalue weighted by molar-refractivity contribution is 7.91. The molecule has 2 aromatic rings. The third kappa shape index (κ3) is 4.75. The number of aromatic nitrogens is 2. The second-order valence-electron chi connectivity index (χ2n) is 8.90. The van der Waals surface area contributed by atoms with E-state index in [2.05, 4.69) is 21.2 Å². The van der Waals surface area contributed by atoms with Crippen molar-refractivity contribution in [2.75, 3.05) is 36.8 Å². The monoisotopic (exact) mass is 460 g/mol. The van der Waals surface area contributed by atoms with Crippen LogP contribution >= 0.6 is 0 Å². The maximum atomic E-state index is 13.2. The van der Waals surface area contributed by atoms with Crippen LogP contribution in [-0.4, -0.2) is 56.3 Å². The number of benzene rings is 1. The molecule has 0 saturated heterocycles. The number of hydrogen-bond acceptors (Lipinski definition) is 5. The van der Waals surface area contributed by atoms with Gasteiger partial charge < -0.3 is 10.2 Å². The lowest BCUT2D eigenvalue weighted by Crippen LogP contribution is -2.46. The molecular weight excluding hydrogens is 428 g/mol. The first-order valence-corrected chi connectivity index (χ1v) is 12.6. The normalized spacial score (nSPS) is 15.0. The van der Waals surface area contributed by atoms with Crippen LogP contribution in [0, 0.1) is 0 Å². The van der Waals surface area contributed by atoms with Crippen molar-refractivity contribution in [1.82, 2.24) is 19.4 Å². The van der Waals surface area contributed by atoms with Gasteiger partial charge in [-0.15, -0.1) is 0 Å². The van der Waals surface area contributed by atoms with Crippen LogP contribution in [0.4, 0.5) is 16.2 Å². The van der Waals surface area contributed by atoms with E-state index in [1.807, 2.05) is 19.0 Å². The molecule has 0 spiro atoms. The SMILES string of the molecule is CN(C)CCCN(c1cnn(C)c1)S(=O)(=O)NC(=O)Nc1c2c(cc3c1CCC3)CCC2. The molecule has 0 bridgehead atoms. The van der Waals surface area contributed by atoms with Crippen LogP contribution < -0.4 is 14.3 Å². The molecule has 10 heteroatoms. The van der Waals surface area contributed by atoms with Crippen LogP contribution in [-0.2, 0) is 42.9 Å². The zero-order valence-corrected chi connectivity index (χ0v) is 19.8. The van der Waals surface area contributed by atoms with E-state index in [-0.39, 0.29) is 6.54 Å². The van der Waals surface area contributed by atoms with Crippen molar-refractivity contribution in [3.05, 3.63) is 40.7 Å². The highest BCUT2D eigenvalue weighted by Gasteiger charge is 2.28. The Bertz CT molecular complexity index is 1080. The molecule has 174 valence electrons. The Kier molecular flexibility index (Phi) is 6.43. The summed E-state index contributed by atoms with van der Waals surface area (Å²) in [4.78, 5) is 14.9. The van der Waals surface area contributed by atoms with E-state index in [0.29, 0.717) is 12.1 Å². The highest BCUT2D eigenvalue weighted by atomic mass is 32.2. The molecule has 1 aromatic heterocycles. The Morgan fingerprint density at radius 1 is 1.09 bits per heavy atom. The molecule has 0 radical (unpaired) electrons. The van der Waals surface area contributed by atoms with Gasteiger partial charge in [0, 0.05) is 25.5 Å². The summed E-state index contributed by atoms with van der Waals surface area (Å²) in [7, 11) is 1.49. The lowest BCUT2D eigenvalue weighted by molar-refractivity contribution is 0.256. The number of fused-ring (bicyclic) bond motifs is 2. The van der Waals surface area contributed by atoms with Crippen molar-refractivity contribution >= 4 is 27.6 Å². The maximum Gasteiger partial charge on any atom is 0.334 e. The van der Waals surface area contributed by atoms with Gasteiger partial charge in [0.2, 0.25) is 0 Å². The Labute approximate surface area is 190 Å². The van der Waals surface area contributed by atoms with Crippen molar-refractivity contribution in [2.24, 2.45) is 7.05 Å². The minimum Gasteiger partial charge on any atom is -0.309 e. The van der Waals surface area contributed by atoms with Gasteiger partial charge in [-0.05, 0) is 87.8 Å². The minimum absolute atomic E-state index is 0.239. The first-order chi connectivity index (χ1) is 15.2. The second kappa shape index (κ2) is 9.11. The molecule has 0 atom stereocenters. The predicted molar refractivity (Wildman–Crippen MR) is 125 cm³/mol. The quantitative estimate of drug-likeness (QED) is 0.629. The van der Waals surface area contributed by atoms with Crippen LogP contribution in [0.3, 0.4) is 0 Å². The Morgan fingerprint density at radius 3 is 2.31 bits per heavy atom. The first-order valence-electron chi connectivity index (χ1n) is 11.2. The fourth-order valence-electron chi connectivity index (χ4n) is 4.73. The molecule has 0 fully saturated rings. The number of anilines is 2. The molecule has 1 aromatic carbocycles. The average Bonchev–Trinajstić information content (AvgIpc) is 3.44. The number of rotatable bonds is 8. The molecule has 0 unspecified atom stereocenters. The first kappa shape index (κ1) is 22.6. The molecule has 0 saturated carbocycles. The molecule has 2 N–H and O–H groups in total. The van der Waals surface area contributed by atoms with E-state index < -0.39 is 16.2 Å². The number of amides is 2. The fraction of sp³-hybridized carbons (Fsp3) is 0.545. The summed E-state index contributed by atoms with van der Waals surface area (Å²) in [5, 5.41) is 6.99. The summed E-state index contributed by atoms with van der Waals surface area (Å²) in [5.74, 6) is 0. The summed E-state index contributed by atoms with van der Waals surface area (Å²) in [6, 6.07) is 1.56. The summed E-state index contributed by atoms with van der Waals surface area (Å²) in [5.41, 5.74) is 6.13. The molecule has 4 rings (SSSR count). The van der Waals surface area contributed by atoms with Crippen LogP contribution in [0.15, 0.2) is 18.5 Å². The van der Waals surface area contributed by atoms with Gasteiger partial charge in [0.05, 0.1) is 11.9 Å². The molecule has 1 heterocycles. The number of nitrogens with one attached hydrogen (secondary N) is 2. The van der Waals surface area contributed by atoms with Gasteiger partial charge in [0.1, 0.15) is 0 Å². The Morgan fingerprint density at radius 2 is 1.75 bits per heavy atom. The predicted octanol–water partition coefficient (Wildman–Crippen LogP) is 2.22. The van der Waals surface area contributed by atoms with Gasteiger partial charge in [-0.3, -0.25) is 8.99 Å². The number of hydrogen-bond donors (Lipinski definition) is 2. The van der Waals surface area contributed by atoms with Crippen molar-refractivity contribution in [3.63, 3.8) is 0 Å². The molecule has 9 nitrogen and oxygen atoms in total. The van der Waals surface area contributed by atoms with Crippen LogP contribution in [0.5, 0.6) is 0 Å². The van der Waals surface area contributed by atoms with E-state index in [1.165, 1.54) is 21.6 Å². The number of carbonyl (C=O) groups excluding carboxylic acids is 1. The average molecular weight is 461 g/mol. The molecule has 0 aliphatic heterocycles. The summed E-state index contributed by atoms with van der Waals surface area (Å²) < 4.78 is 31.4. The molecule has 32 heavy (non-hydrogen) atoms. The van der Waals surface area contributed by atoms with Crippen LogP contribution in [0.1, 0.15) is 41.5 Å². The Hall–Kier alpha value is -2.59. The van der Waals surface area contributed by atoms with Crippen LogP contribution in [0.2, 0.25) is 0 Å². The fourth-order valence-corrected chi connectivity index (χ4v) is 5.87. The van der Waals surface area contributed by atoms with Crippen molar-refractivity contribution in [3.8, 4) is 0 Å². The zero-order chi connectivity index (χ0) is 22.9. The molecular formula is C22H32N6O3S. The van der Waals surface area contributed by atoms with Crippen molar-refractivity contribution < 1.29 is 13.2 Å². The smallest absolute Gasteiger partial charge is 0.309 e. The van der Waals surface area contributed by atoms with Crippen LogP contribution in [0.25, 0.3) is 0 Å². The summed E-state index contributed by atoms with van der Waals surface area (Å²) in [6.07, 6.45) is 9.71. The molecule has 2 aliphatic rings. The third-order valence-electron chi connectivity index (χ3n) is 6.17. The number of nitrogens with zero attached hydrogens (tertiary/aromatic N) is 4. The van der Waals surface area contributed by atoms with Gasteiger partial charge >= 0.3 is 16.2 Å². The van der Waals surface area contributed by atoms with E-state index in [1.54, 1.807) is 17.9 Å². The lowest BCUT2D eigenvalue weighted by atomic mass is 9.99. The minimum atomic E-state index is -4.11. The van der Waals surface area contributed by atoms with E-state index >= 15 is 0 Å². The van der Waals surface area contributed by atoms with Gasteiger partial charge in [0.25, 0.3) is 0 Å². The summed E-state index contributed by atoms with van der Waals surface area (Å²) >= 11 is 0. The highest BCUT2D eigenvalue weighted by Crippen LogP contribution is 2.38. The third-order valence-corrected chi connectivity index (χ3v) is 7.59. The largest absolute Gasteiger partial charge is 0.334 e. The van der Waals surface area contributed by atoms with E-state index in [9.17, 15) is 13.2 Å². The molecule has 2 aliphatic carbocycles. The number of carbonyl (C=O) groups is 1. The zero-order valence-electron chi connectivity index (χ0n) is 19.0. The van der Waals surface area contributed by atoms with Gasteiger partial charge in [-0.25, -0.2) is 9.52 Å². The molecule has 2 amide bonds. The Balaban J connectivity index is 1.54. The maximum absolute atomic E-state index is 13.2. The van der Waals surface area contributed by atoms with E-state index in [0.717, 1.165) is 61.9 Å². The van der Waals surface area contributed by atoms with Crippen molar-refractivity contribution in [2.45, 2.75) is 44.9 Å². The lowest BCUT2D eigenvalue weighted by Gasteiger charge is -2.24. The topological polar surface area (TPSA) is 99.6 Å². The summed E-state index contributed by atoms with van der Waals surface area (Å²) in [6.45, 7) is 0.962. The van der Waals surface area contributed by atoms with Gasteiger partial charge in [-0.2, -0.15) is 13.5 Å². The standard InChI is InChI=1S/C22H32N6O3S/c1-26(2)11-6-12-28(18-14-23-27(3)15-18)32(30,31)25-22(29)24-21-19-9-4-7-16(19)13-17-8-5-10-20(17)21/h13-15H,4-12H2,1-3H3,(H2,24,25,29).